The molecule has 0 saturated carbocycles. The van der Waals surface area contributed by atoms with E-state index in [2.05, 4.69) is 4.98 Å². The largest absolute Gasteiger partial charge is 0.326 e. The van der Waals surface area contributed by atoms with Gasteiger partial charge in [0.25, 0.3) is 0 Å². The van der Waals surface area contributed by atoms with Crippen LogP contribution >= 0.6 is 11.6 Å². The summed E-state index contributed by atoms with van der Waals surface area (Å²) in [6.45, 7) is 0.0904. The molecule has 0 N–H and O–H groups in total. The van der Waals surface area contributed by atoms with Crippen LogP contribution in [0.15, 0.2) is 36.7 Å². The summed E-state index contributed by atoms with van der Waals surface area (Å²) in [5.41, 5.74) is 0.956. The van der Waals surface area contributed by atoms with Crippen LogP contribution in [0.2, 0.25) is 5.02 Å². The molecule has 20 heavy (non-hydrogen) atoms. The van der Waals surface area contributed by atoms with Gasteiger partial charge in [0.2, 0.25) is 0 Å². The number of halogens is 4. The van der Waals surface area contributed by atoms with E-state index in [1.165, 1.54) is 23.0 Å². The minimum Gasteiger partial charge on any atom is -0.326 e. The maximum absolute atomic E-state index is 13.7. The molecule has 102 valence electrons. The first-order valence-corrected chi connectivity index (χ1v) is 6.17. The molecule has 0 bridgehead atoms. The molecule has 2 nitrogen and oxygen atoms in total. The summed E-state index contributed by atoms with van der Waals surface area (Å²) in [6, 6.07) is 6.40. The number of nitrogens with zero attached hydrogens (tertiary/aromatic N) is 2. The van der Waals surface area contributed by atoms with Crippen LogP contribution in [0.25, 0.3) is 11.0 Å². The smallest absolute Gasteiger partial charge is 0.161 e. The Bertz CT molecular complexity index is 778. The maximum atomic E-state index is 13.7. The minimum absolute atomic E-state index is 0.0904. The van der Waals surface area contributed by atoms with Gasteiger partial charge in [-0.25, -0.2) is 18.2 Å². The van der Waals surface area contributed by atoms with Gasteiger partial charge in [0.1, 0.15) is 5.82 Å². The Morgan fingerprint density at radius 1 is 1.05 bits per heavy atom. The van der Waals surface area contributed by atoms with Crippen molar-refractivity contribution in [3.05, 3.63) is 64.7 Å². The molecule has 0 atom stereocenters. The van der Waals surface area contributed by atoms with Crippen LogP contribution in [0.4, 0.5) is 13.2 Å². The summed E-state index contributed by atoms with van der Waals surface area (Å²) in [4.78, 5) is 3.97. The van der Waals surface area contributed by atoms with E-state index in [4.69, 9.17) is 11.6 Å². The Balaban J connectivity index is 2.10. The first-order valence-electron chi connectivity index (χ1n) is 5.79. The van der Waals surface area contributed by atoms with Gasteiger partial charge < -0.3 is 4.57 Å². The zero-order valence-electron chi connectivity index (χ0n) is 10.1. The summed E-state index contributed by atoms with van der Waals surface area (Å²) >= 11 is 5.95. The van der Waals surface area contributed by atoms with Crippen LogP contribution in [0.5, 0.6) is 0 Å². The van der Waals surface area contributed by atoms with Crippen molar-refractivity contribution in [2.45, 2.75) is 6.54 Å². The van der Waals surface area contributed by atoms with Crippen LogP contribution in [-0.2, 0) is 6.54 Å². The van der Waals surface area contributed by atoms with Gasteiger partial charge in [0, 0.05) is 22.7 Å². The number of rotatable bonds is 2. The second kappa shape index (κ2) is 4.83. The van der Waals surface area contributed by atoms with Gasteiger partial charge in [0.15, 0.2) is 11.6 Å². The predicted molar refractivity (Wildman–Crippen MR) is 70.2 cm³/mol. The SMILES string of the molecule is Fc1cc2ncn(Cc3c(F)cccc3Cl)c2cc1F. The Morgan fingerprint density at radius 2 is 1.80 bits per heavy atom. The fourth-order valence-corrected chi connectivity index (χ4v) is 2.26. The quantitative estimate of drug-likeness (QED) is 0.694. The average Bonchev–Trinajstić information content (AvgIpc) is 2.77. The van der Waals surface area contributed by atoms with Crippen molar-refractivity contribution < 1.29 is 13.2 Å². The molecule has 2 aromatic carbocycles. The summed E-state index contributed by atoms with van der Waals surface area (Å²) in [7, 11) is 0. The van der Waals surface area contributed by atoms with Crippen molar-refractivity contribution in [1.29, 1.82) is 0 Å². The van der Waals surface area contributed by atoms with E-state index in [1.807, 2.05) is 0 Å². The highest BCUT2D eigenvalue weighted by Crippen LogP contribution is 2.23. The Labute approximate surface area is 117 Å². The number of fused-ring (bicyclic) bond motifs is 1. The number of hydrogen-bond acceptors (Lipinski definition) is 1. The van der Waals surface area contributed by atoms with Gasteiger partial charge >= 0.3 is 0 Å². The summed E-state index contributed by atoms with van der Waals surface area (Å²) in [5, 5.41) is 0.273. The zero-order valence-corrected chi connectivity index (χ0v) is 10.8. The zero-order chi connectivity index (χ0) is 14.3. The molecule has 1 heterocycles. The van der Waals surface area contributed by atoms with Crippen LogP contribution in [0.3, 0.4) is 0 Å². The molecule has 0 spiro atoms. The van der Waals surface area contributed by atoms with Crippen molar-refractivity contribution in [1.82, 2.24) is 9.55 Å². The van der Waals surface area contributed by atoms with E-state index < -0.39 is 17.5 Å². The lowest BCUT2D eigenvalue weighted by Crippen LogP contribution is -2.02. The van der Waals surface area contributed by atoms with E-state index in [0.717, 1.165) is 12.1 Å². The topological polar surface area (TPSA) is 17.8 Å². The van der Waals surface area contributed by atoms with Crippen LogP contribution in [-0.4, -0.2) is 9.55 Å². The maximum Gasteiger partial charge on any atom is 0.161 e. The lowest BCUT2D eigenvalue weighted by molar-refractivity contribution is 0.510. The molecule has 0 aliphatic rings. The minimum atomic E-state index is -0.973. The summed E-state index contributed by atoms with van der Waals surface area (Å²) < 4.78 is 41.6. The lowest BCUT2D eigenvalue weighted by Gasteiger charge is -2.08. The third-order valence-electron chi connectivity index (χ3n) is 3.05. The molecule has 0 fully saturated rings. The molecule has 0 amide bonds. The molecular formula is C14H8ClF3N2. The van der Waals surface area contributed by atoms with Crippen molar-refractivity contribution >= 4 is 22.6 Å². The molecule has 0 aliphatic carbocycles. The van der Waals surface area contributed by atoms with Gasteiger partial charge in [-0.2, -0.15) is 0 Å². The molecule has 3 rings (SSSR count). The Hall–Kier alpha value is -2.01. The normalized spacial score (nSPS) is 11.2. The standard InChI is InChI=1S/C14H8ClF3N2/c15-9-2-1-3-10(16)8(9)6-20-7-19-13-4-11(17)12(18)5-14(13)20/h1-5,7H,6H2. The molecular weight excluding hydrogens is 289 g/mol. The highest BCUT2D eigenvalue weighted by molar-refractivity contribution is 6.31. The summed E-state index contributed by atoms with van der Waals surface area (Å²) in [5.74, 6) is -2.40. The number of benzene rings is 2. The van der Waals surface area contributed by atoms with E-state index in [9.17, 15) is 13.2 Å². The van der Waals surface area contributed by atoms with Gasteiger partial charge in [-0.05, 0) is 12.1 Å². The average molecular weight is 297 g/mol. The second-order valence-corrected chi connectivity index (χ2v) is 4.73. The molecule has 6 heteroatoms. The first kappa shape index (κ1) is 13.0. The van der Waals surface area contributed by atoms with E-state index in [0.29, 0.717) is 11.0 Å². The Morgan fingerprint density at radius 3 is 2.55 bits per heavy atom. The highest BCUT2D eigenvalue weighted by Gasteiger charge is 2.12. The number of hydrogen-bond donors (Lipinski definition) is 0. The molecule has 3 aromatic rings. The van der Waals surface area contributed by atoms with Crippen LogP contribution in [0, 0.1) is 17.5 Å². The van der Waals surface area contributed by atoms with Gasteiger partial charge in [-0.15, -0.1) is 0 Å². The third kappa shape index (κ3) is 2.14. The second-order valence-electron chi connectivity index (χ2n) is 4.33. The van der Waals surface area contributed by atoms with Gasteiger partial charge in [0.05, 0.1) is 23.9 Å². The first-order chi connectivity index (χ1) is 9.56. The third-order valence-corrected chi connectivity index (χ3v) is 3.41. The molecule has 0 radical (unpaired) electrons. The van der Waals surface area contributed by atoms with Crippen molar-refractivity contribution in [2.24, 2.45) is 0 Å². The number of aromatic nitrogens is 2. The van der Waals surface area contributed by atoms with E-state index in [-0.39, 0.29) is 17.1 Å². The molecule has 0 saturated heterocycles. The van der Waals surface area contributed by atoms with Crippen molar-refractivity contribution in [2.75, 3.05) is 0 Å². The highest BCUT2D eigenvalue weighted by atomic mass is 35.5. The van der Waals surface area contributed by atoms with Crippen molar-refractivity contribution in [3.8, 4) is 0 Å². The summed E-state index contributed by atoms with van der Waals surface area (Å²) in [6.07, 6.45) is 1.40. The monoisotopic (exact) mass is 296 g/mol. The molecule has 1 aromatic heterocycles. The van der Waals surface area contributed by atoms with Crippen LogP contribution in [0.1, 0.15) is 5.56 Å². The van der Waals surface area contributed by atoms with E-state index in [1.54, 1.807) is 6.07 Å². The fourth-order valence-electron chi connectivity index (χ4n) is 2.03. The molecule has 0 aliphatic heterocycles. The molecule has 0 unspecified atom stereocenters. The van der Waals surface area contributed by atoms with E-state index >= 15 is 0 Å². The fraction of sp³-hybridized carbons (Fsp3) is 0.0714. The van der Waals surface area contributed by atoms with Crippen molar-refractivity contribution in [3.63, 3.8) is 0 Å². The number of imidazole rings is 1. The lowest BCUT2D eigenvalue weighted by atomic mass is 10.2. The van der Waals surface area contributed by atoms with Gasteiger partial charge in [-0.3, -0.25) is 0 Å². The van der Waals surface area contributed by atoms with Gasteiger partial charge in [-0.1, -0.05) is 17.7 Å². The predicted octanol–water partition coefficient (Wildman–Crippen LogP) is 4.16. The van der Waals surface area contributed by atoms with Crippen LogP contribution < -0.4 is 0 Å². The Kier molecular flexibility index (Phi) is 3.14.